The highest BCUT2D eigenvalue weighted by atomic mass is 35.5. The van der Waals surface area contributed by atoms with Crippen LogP contribution in [0.3, 0.4) is 0 Å². The van der Waals surface area contributed by atoms with Crippen molar-refractivity contribution >= 4 is 21.4 Å². The van der Waals surface area contributed by atoms with Gasteiger partial charge in [0.05, 0.1) is 18.6 Å². The fourth-order valence-corrected chi connectivity index (χ4v) is 3.67. The van der Waals surface area contributed by atoms with Gasteiger partial charge in [-0.1, -0.05) is 41.9 Å². The molecule has 2 aromatic carbocycles. The number of sulfone groups is 1. The molecule has 2 aromatic rings. The average Bonchev–Trinajstić information content (AvgIpc) is 2.46. The van der Waals surface area contributed by atoms with Crippen LogP contribution in [-0.2, 0) is 22.0 Å². The topological polar surface area (TPSA) is 43.4 Å². The summed E-state index contributed by atoms with van der Waals surface area (Å²) < 4.78 is 29.7. The standard InChI is InChI=1S/C16H17ClO3S/c1-20-16-8-7-15(17)11-14(16)12-21(18,19)10-9-13-5-3-2-4-6-13/h2-8,11H,9-10,12H2,1H3. The van der Waals surface area contributed by atoms with Crippen LogP contribution in [0.25, 0.3) is 0 Å². The second-order valence-electron chi connectivity index (χ2n) is 4.78. The van der Waals surface area contributed by atoms with Gasteiger partial charge in [-0.15, -0.1) is 0 Å². The Hall–Kier alpha value is -1.52. The zero-order valence-electron chi connectivity index (χ0n) is 11.8. The first-order valence-electron chi connectivity index (χ1n) is 6.57. The molecule has 3 nitrogen and oxygen atoms in total. The van der Waals surface area contributed by atoms with Gasteiger partial charge in [0, 0.05) is 10.6 Å². The Bertz CT molecular complexity index is 697. The highest BCUT2D eigenvalue weighted by molar-refractivity contribution is 7.90. The van der Waals surface area contributed by atoms with E-state index in [1.807, 2.05) is 30.3 Å². The first-order valence-corrected chi connectivity index (χ1v) is 8.77. The van der Waals surface area contributed by atoms with Gasteiger partial charge in [0.1, 0.15) is 5.75 Å². The molecule has 0 unspecified atom stereocenters. The van der Waals surface area contributed by atoms with E-state index in [9.17, 15) is 8.42 Å². The maximum Gasteiger partial charge on any atom is 0.154 e. The van der Waals surface area contributed by atoms with Crippen LogP contribution in [0.2, 0.25) is 5.02 Å². The second-order valence-corrected chi connectivity index (χ2v) is 7.40. The summed E-state index contributed by atoms with van der Waals surface area (Å²) in [4.78, 5) is 0. The maximum atomic E-state index is 12.3. The average molecular weight is 325 g/mol. The number of hydrogen-bond acceptors (Lipinski definition) is 3. The molecule has 0 atom stereocenters. The van der Waals surface area contributed by atoms with E-state index >= 15 is 0 Å². The molecule has 0 saturated heterocycles. The molecule has 21 heavy (non-hydrogen) atoms. The normalized spacial score (nSPS) is 11.3. The molecule has 2 rings (SSSR count). The monoisotopic (exact) mass is 324 g/mol. The van der Waals surface area contributed by atoms with E-state index in [1.54, 1.807) is 18.2 Å². The largest absolute Gasteiger partial charge is 0.496 e. The predicted octanol–water partition coefficient (Wildman–Crippen LogP) is 3.51. The minimum absolute atomic E-state index is 0.0659. The molecule has 0 radical (unpaired) electrons. The quantitative estimate of drug-likeness (QED) is 0.816. The molecule has 5 heteroatoms. The Morgan fingerprint density at radius 3 is 2.48 bits per heavy atom. The highest BCUT2D eigenvalue weighted by Crippen LogP contribution is 2.24. The predicted molar refractivity (Wildman–Crippen MR) is 85.6 cm³/mol. The van der Waals surface area contributed by atoms with Gasteiger partial charge in [-0.2, -0.15) is 0 Å². The van der Waals surface area contributed by atoms with Gasteiger partial charge in [0.25, 0.3) is 0 Å². The fourth-order valence-electron chi connectivity index (χ4n) is 2.09. The van der Waals surface area contributed by atoms with Gasteiger partial charge in [-0.3, -0.25) is 0 Å². The molecule has 0 bridgehead atoms. The van der Waals surface area contributed by atoms with Crippen molar-refractivity contribution in [1.29, 1.82) is 0 Å². The zero-order chi connectivity index (χ0) is 15.3. The Balaban J connectivity index is 2.09. The lowest BCUT2D eigenvalue weighted by atomic mass is 10.2. The van der Waals surface area contributed by atoms with Crippen molar-refractivity contribution in [2.24, 2.45) is 0 Å². The van der Waals surface area contributed by atoms with Crippen molar-refractivity contribution in [3.8, 4) is 5.75 Å². The third-order valence-electron chi connectivity index (χ3n) is 3.16. The number of hydrogen-bond donors (Lipinski definition) is 0. The van der Waals surface area contributed by atoms with E-state index in [-0.39, 0.29) is 11.5 Å². The fraction of sp³-hybridized carbons (Fsp3) is 0.250. The first-order chi connectivity index (χ1) is 10.00. The van der Waals surface area contributed by atoms with Gasteiger partial charge in [-0.05, 0) is 30.2 Å². The molecule has 0 amide bonds. The summed E-state index contributed by atoms with van der Waals surface area (Å²) in [6.07, 6.45) is 0.506. The molecule has 0 fully saturated rings. The van der Waals surface area contributed by atoms with Gasteiger partial charge < -0.3 is 4.74 Å². The molecule has 0 heterocycles. The molecular weight excluding hydrogens is 308 g/mol. The van der Waals surface area contributed by atoms with Crippen LogP contribution < -0.4 is 4.74 Å². The lowest BCUT2D eigenvalue weighted by Gasteiger charge is -2.10. The Labute approximate surface area is 130 Å². The first kappa shape index (κ1) is 15.9. The second kappa shape index (κ2) is 6.96. The van der Waals surface area contributed by atoms with E-state index in [0.717, 1.165) is 5.56 Å². The summed E-state index contributed by atoms with van der Waals surface area (Å²) in [7, 11) is -1.70. The van der Waals surface area contributed by atoms with Crippen molar-refractivity contribution < 1.29 is 13.2 Å². The van der Waals surface area contributed by atoms with Gasteiger partial charge in [-0.25, -0.2) is 8.42 Å². The number of aryl methyl sites for hydroxylation is 1. The lowest BCUT2D eigenvalue weighted by Crippen LogP contribution is -2.12. The SMILES string of the molecule is COc1ccc(Cl)cc1CS(=O)(=O)CCc1ccccc1. The Morgan fingerprint density at radius 2 is 1.81 bits per heavy atom. The van der Waals surface area contributed by atoms with Crippen LogP contribution in [0.15, 0.2) is 48.5 Å². The number of halogens is 1. The number of rotatable bonds is 6. The van der Waals surface area contributed by atoms with Crippen molar-refractivity contribution in [1.82, 2.24) is 0 Å². The smallest absolute Gasteiger partial charge is 0.154 e. The number of ether oxygens (including phenoxy) is 1. The van der Waals surface area contributed by atoms with Crippen molar-refractivity contribution in [2.75, 3.05) is 12.9 Å². The summed E-state index contributed by atoms with van der Waals surface area (Å²) >= 11 is 5.93. The van der Waals surface area contributed by atoms with Crippen molar-refractivity contribution in [2.45, 2.75) is 12.2 Å². The molecule has 0 aromatic heterocycles. The third-order valence-corrected chi connectivity index (χ3v) is 4.97. The van der Waals surface area contributed by atoms with Crippen LogP contribution in [0.5, 0.6) is 5.75 Å². The highest BCUT2D eigenvalue weighted by Gasteiger charge is 2.15. The number of benzene rings is 2. The summed E-state index contributed by atoms with van der Waals surface area (Å²) in [5, 5.41) is 0.504. The summed E-state index contributed by atoms with van der Waals surface area (Å²) in [5.74, 6) is 0.582. The molecule has 0 saturated carbocycles. The molecule has 0 aliphatic heterocycles. The molecule has 0 spiro atoms. The Morgan fingerprint density at radius 1 is 1.10 bits per heavy atom. The minimum atomic E-state index is -3.22. The van der Waals surface area contributed by atoms with E-state index in [2.05, 4.69) is 0 Å². The Kier molecular flexibility index (Phi) is 5.26. The van der Waals surface area contributed by atoms with E-state index < -0.39 is 9.84 Å². The van der Waals surface area contributed by atoms with Crippen LogP contribution in [-0.4, -0.2) is 21.3 Å². The molecule has 0 aliphatic rings. The summed E-state index contributed by atoms with van der Waals surface area (Å²) in [6, 6.07) is 14.6. The van der Waals surface area contributed by atoms with Gasteiger partial charge in [0.2, 0.25) is 0 Å². The summed E-state index contributed by atoms with van der Waals surface area (Å²) in [6.45, 7) is 0. The maximum absolute atomic E-state index is 12.3. The lowest BCUT2D eigenvalue weighted by molar-refractivity contribution is 0.411. The number of methoxy groups -OCH3 is 1. The van der Waals surface area contributed by atoms with Crippen LogP contribution in [0.1, 0.15) is 11.1 Å². The minimum Gasteiger partial charge on any atom is -0.496 e. The molecule has 112 valence electrons. The van der Waals surface area contributed by atoms with E-state index in [4.69, 9.17) is 16.3 Å². The van der Waals surface area contributed by atoms with Crippen LogP contribution in [0, 0.1) is 0 Å². The third kappa shape index (κ3) is 4.76. The van der Waals surface area contributed by atoms with Gasteiger partial charge in [0.15, 0.2) is 9.84 Å². The zero-order valence-corrected chi connectivity index (χ0v) is 13.3. The van der Waals surface area contributed by atoms with E-state index in [1.165, 1.54) is 7.11 Å². The molecular formula is C16H17ClO3S. The van der Waals surface area contributed by atoms with Crippen molar-refractivity contribution in [3.63, 3.8) is 0 Å². The molecule has 0 N–H and O–H groups in total. The van der Waals surface area contributed by atoms with Gasteiger partial charge >= 0.3 is 0 Å². The molecule has 0 aliphatic carbocycles. The summed E-state index contributed by atoms with van der Waals surface area (Å²) in [5.41, 5.74) is 1.61. The van der Waals surface area contributed by atoms with Crippen LogP contribution >= 0.6 is 11.6 Å². The van der Waals surface area contributed by atoms with Crippen molar-refractivity contribution in [3.05, 3.63) is 64.7 Å². The van der Waals surface area contributed by atoms with Crippen LogP contribution in [0.4, 0.5) is 0 Å². The van der Waals surface area contributed by atoms with E-state index in [0.29, 0.717) is 22.8 Å².